The third-order valence-corrected chi connectivity index (χ3v) is 5.10. The summed E-state index contributed by atoms with van der Waals surface area (Å²) >= 11 is 0. The number of methoxy groups -OCH3 is 1. The average molecular weight is 367 g/mol. The normalized spacial score (nSPS) is 19.8. The molecule has 0 amide bonds. The van der Waals surface area contributed by atoms with Crippen LogP contribution in [-0.4, -0.2) is 32.7 Å². The highest BCUT2D eigenvalue weighted by Crippen LogP contribution is 2.37. The second-order valence-corrected chi connectivity index (χ2v) is 6.85. The van der Waals surface area contributed by atoms with Crippen LogP contribution in [0.3, 0.4) is 0 Å². The maximum absolute atomic E-state index is 13.4. The van der Waals surface area contributed by atoms with Crippen molar-refractivity contribution in [2.75, 3.05) is 7.11 Å². The van der Waals surface area contributed by atoms with Crippen molar-refractivity contribution >= 4 is 0 Å². The first-order chi connectivity index (χ1) is 13.2. The Morgan fingerprint density at radius 1 is 1.07 bits per heavy atom. The minimum absolute atomic E-state index is 0.268. The SMILES string of the molecule is COc1nccc(-c2c(-c3ccc(F)cc3)ncn2[C@H]2CC[C@H](N)CC2)n1. The summed E-state index contributed by atoms with van der Waals surface area (Å²) in [6, 6.07) is 9.08. The Balaban J connectivity index is 1.83. The van der Waals surface area contributed by atoms with Gasteiger partial charge in [0.25, 0.3) is 0 Å². The fourth-order valence-electron chi connectivity index (χ4n) is 3.66. The summed E-state index contributed by atoms with van der Waals surface area (Å²) in [6.07, 6.45) is 7.49. The Morgan fingerprint density at radius 3 is 2.52 bits per heavy atom. The smallest absolute Gasteiger partial charge is 0.316 e. The summed E-state index contributed by atoms with van der Waals surface area (Å²) in [5.74, 6) is -0.273. The predicted molar refractivity (Wildman–Crippen MR) is 101 cm³/mol. The van der Waals surface area contributed by atoms with Gasteiger partial charge in [0.2, 0.25) is 0 Å². The van der Waals surface area contributed by atoms with E-state index < -0.39 is 0 Å². The molecule has 0 aliphatic heterocycles. The van der Waals surface area contributed by atoms with Gasteiger partial charge >= 0.3 is 6.01 Å². The van der Waals surface area contributed by atoms with Crippen molar-refractivity contribution in [1.29, 1.82) is 0 Å². The van der Waals surface area contributed by atoms with Gasteiger partial charge in [-0.25, -0.2) is 14.4 Å². The molecule has 0 spiro atoms. The van der Waals surface area contributed by atoms with E-state index in [-0.39, 0.29) is 11.9 Å². The van der Waals surface area contributed by atoms with Crippen LogP contribution in [0, 0.1) is 5.82 Å². The molecule has 0 unspecified atom stereocenters. The van der Waals surface area contributed by atoms with Crippen LogP contribution in [0.5, 0.6) is 6.01 Å². The summed E-state index contributed by atoms with van der Waals surface area (Å²) in [6.45, 7) is 0. The van der Waals surface area contributed by atoms with Gasteiger partial charge in [0.15, 0.2) is 0 Å². The molecule has 1 aliphatic carbocycles. The second-order valence-electron chi connectivity index (χ2n) is 6.85. The van der Waals surface area contributed by atoms with Crippen LogP contribution in [-0.2, 0) is 0 Å². The highest BCUT2D eigenvalue weighted by atomic mass is 19.1. The minimum atomic E-state index is -0.273. The zero-order valence-corrected chi connectivity index (χ0v) is 15.2. The molecule has 4 rings (SSSR count). The maximum Gasteiger partial charge on any atom is 0.316 e. The van der Waals surface area contributed by atoms with E-state index in [0.29, 0.717) is 12.1 Å². The first-order valence-electron chi connectivity index (χ1n) is 9.11. The van der Waals surface area contributed by atoms with Gasteiger partial charge in [-0.05, 0) is 56.0 Å². The van der Waals surface area contributed by atoms with Crippen LogP contribution in [0.25, 0.3) is 22.6 Å². The van der Waals surface area contributed by atoms with E-state index >= 15 is 0 Å². The van der Waals surface area contributed by atoms with E-state index in [1.807, 2.05) is 12.4 Å². The van der Waals surface area contributed by atoms with Crippen LogP contribution >= 0.6 is 0 Å². The molecule has 1 aliphatic rings. The number of hydrogen-bond donors (Lipinski definition) is 1. The van der Waals surface area contributed by atoms with Gasteiger partial charge in [0.1, 0.15) is 5.82 Å². The molecule has 1 saturated carbocycles. The molecule has 2 aromatic heterocycles. The fourth-order valence-corrected chi connectivity index (χ4v) is 3.66. The van der Waals surface area contributed by atoms with Crippen LogP contribution in [0.15, 0.2) is 42.9 Å². The van der Waals surface area contributed by atoms with Crippen molar-refractivity contribution in [3.8, 4) is 28.7 Å². The Morgan fingerprint density at radius 2 is 1.81 bits per heavy atom. The number of rotatable bonds is 4. The quantitative estimate of drug-likeness (QED) is 0.762. The predicted octanol–water partition coefficient (Wildman–Crippen LogP) is 3.60. The molecule has 7 heteroatoms. The molecular weight excluding hydrogens is 345 g/mol. The summed E-state index contributed by atoms with van der Waals surface area (Å²) in [4.78, 5) is 13.3. The Kier molecular flexibility index (Phi) is 4.85. The lowest BCUT2D eigenvalue weighted by atomic mass is 9.91. The molecule has 0 atom stereocenters. The molecule has 0 radical (unpaired) electrons. The van der Waals surface area contributed by atoms with Crippen LogP contribution in [0.4, 0.5) is 4.39 Å². The number of halogens is 1. The minimum Gasteiger partial charge on any atom is -0.467 e. The zero-order chi connectivity index (χ0) is 18.8. The number of hydrogen-bond acceptors (Lipinski definition) is 5. The van der Waals surface area contributed by atoms with Crippen LogP contribution in [0.2, 0.25) is 0 Å². The van der Waals surface area contributed by atoms with E-state index in [0.717, 1.165) is 48.3 Å². The van der Waals surface area contributed by atoms with Crippen molar-refractivity contribution in [2.24, 2.45) is 5.73 Å². The van der Waals surface area contributed by atoms with E-state index in [1.54, 1.807) is 25.4 Å². The molecule has 140 valence electrons. The van der Waals surface area contributed by atoms with Gasteiger partial charge in [-0.3, -0.25) is 0 Å². The Hall–Kier alpha value is -2.80. The number of aromatic nitrogens is 4. The lowest BCUT2D eigenvalue weighted by Gasteiger charge is -2.28. The van der Waals surface area contributed by atoms with Gasteiger partial charge in [0, 0.05) is 23.8 Å². The molecule has 1 fully saturated rings. The largest absolute Gasteiger partial charge is 0.467 e. The van der Waals surface area contributed by atoms with Gasteiger partial charge in [-0.1, -0.05) is 0 Å². The first kappa shape index (κ1) is 17.6. The van der Waals surface area contributed by atoms with Crippen molar-refractivity contribution in [3.05, 3.63) is 48.7 Å². The van der Waals surface area contributed by atoms with E-state index in [4.69, 9.17) is 10.5 Å². The standard InChI is InChI=1S/C20H22FN5O/c1-27-20-23-11-10-17(25-20)19-18(13-2-4-14(21)5-3-13)24-12-26(19)16-8-6-15(22)7-9-16/h2-5,10-12,15-16H,6-9,22H2,1H3/t15-,16-. The average Bonchev–Trinajstić information content (AvgIpc) is 3.14. The summed E-state index contributed by atoms with van der Waals surface area (Å²) in [5, 5.41) is 0. The number of nitrogens with two attached hydrogens (primary N) is 1. The Bertz CT molecular complexity index is 916. The zero-order valence-electron chi connectivity index (χ0n) is 15.2. The molecule has 27 heavy (non-hydrogen) atoms. The summed E-state index contributed by atoms with van der Waals surface area (Å²) in [5.41, 5.74) is 9.31. The fraction of sp³-hybridized carbons (Fsp3) is 0.350. The number of imidazole rings is 1. The van der Waals surface area contributed by atoms with Crippen LogP contribution < -0.4 is 10.5 Å². The van der Waals surface area contributed by atoms with Crippen molar-refractivity contribution in [2.45, 2.75) is 37.8 Å². The molecule has 6 nitrogen and oxygen atoms in total. The summed E-state index contributed by atoms with van der Waals surface area (Å²) in [7, 11) is 1.54. The Labute approximate surface area is 157 Å². The molecule has 2 N–H and O–H groups in total. The molecule has 3 aromatic rings. The molecule has 1 aromatic carbocycles. The third kappa shape index (κ3) is 3.55. The summed E-state index contributed by atoms with van der Waals surface area (Å²) < 4.78 is 20.8. The maximum atomic E-state index is 13.4. The number of nitrogens with zero attached hydrogens (tertiary/aromatic N) is 4. The van der Waals surface area contributed by atoms with Gasteiger partial charge in [-0.2, -0.15) is 4.98 Å². The highest BCUT2D eigenvalue weighted by Gasteiger charge is 2.25. The van der Waals surface area contributed by atoms with Crippen LogP contribution in [0.1, 0.15) is 31.7 Å². The monoisotopic (exact) mass is 367 g/mol. The number of ether oxygens (including phenoxy) is 1. The second kappa shape index (κ2) is 7.44. The molecule has 0 bridgehead atoms. The third-order valence-electron chi connectivity index (χ3n) is 5.10. The van der Waals surface area contributed by atoms with Gasteiger partial charge in [0.05, 0.1) is 30.5 Å². The molecule has 0 saturated heterocycles. The lowest BCUT2D eigenvalue weighted by Crippen LogP contribution is -2.27. The van der Waals surface area contributed by atoms with E-state index in [9.17, 15) is 4.39 Å². The lowest BCUT2D eigenvalue weighted by molar-refractivity contribution is 0.325. The van der Waals surface area contributed by atoms with Gasteiger partial charge < -0.3 is 15.0 Å². The van der Waals surface area contributed by atoms with Crippen molar-refractivity contribution in [1.82, 2.24) is 19.5 Å². The van der Waals surface area contributed by atoms with E-state index in [1.165, 1.54) is 12.1 Å². The van der Waals surface area contributed by atoms with Gasteiger partial charge in [-0.15, -0.1) is 0 Å². The topological polar surface area (TPSA) is 78.9 Å². The highest BCUT2D eigenvalue weighted by molar-refractivity contribution is 5.77. The molecule has 2 heterocycles. The first-order valence-corrected chi connectivity index (χ1v) is 9.11. The molecular formula is C20H22FN5O. The number of benzene rings is 1. The van der Waals surface area contributed by atoms with E-state index in [2.05, 4.69) is 19.5 Å². The van der Waals surface area contributed by atoms with Crippen molar-refractivity contribution < 1.29 is 9.13 Å². The van der Waals surface area contributed by atoms with Crippen molar-refractivity contribution in [3.63, 3.8) is 0 Å².